The number of carboxylic acids is 1. The first-order valence-electron chi connectivity index (χ1n) is 5.71. The summed E-state index contributed by atoms with van der Waals surface area (Å²) in [7, 11) is 0. The molecule has 1 aliphatic heterocycles. The molecule has 0 aromatic heterocycles. The van der Waals surface area contributed by atoms with Gasteiger partial charge in [-0.05, 0) is 16.8 Å². The van der Waals surface area contributed by atoms with Crippen molar-refractivity contribution in [2.75, 3.05) is 6.61 Å². The lowest BCUT2D eigenvalue weighted by Crippen LogP contribution is -2.03. The first kappa shape index (κ1) is 10.8. The molecule has 0 saturated heterocycles. The van der Waals surface area contributed by atoms with E-state index in [0.717, 1.165) is 28.5 Å². The maximum Gasteiger partial charge on any atom is 0.336 e. The van der Waals surface area contributed by atoms with Gasteiger partial charge in [0.2, 0.25) is 0 Å². The summed E-state index contributed by atoms with van der Waals surface area (Å²) < 4.78 is 0. The highest BCUT2D eigenvalue weighted by Crippen LogP contribution is 2.25. The number of hydrogen-bond donors (Lipinski definition) is 1. The molecule has 90 valence electrons. The molecule has 2 aromatic carbocycles. The summed E-state index contributed by atoms with van der Waals surface area (Å²) in [4.78, 5) is 16.2. The summed E-state index contributed by atoms with van der Waals surface area (Å²) in [6.45, 7) is 0.588. The fraction of sp³-hybridized carbons (Fsp3) is 0.143. The van der Waals surface area contributed by atoms with Crippen LogP contribution < -0.4 is 0 Å². The molecule has 0 aliphatic carbocycles. The van der Waals surface area contributed by atoms with E-state index in [-0.39, 0.29) is 0 Å². The van der Waals surface area contributed by atoms with E-state index in [1.54, 1.807) is 12.1 Å². The lowest BCUT2D eigenvalue weighted by Gasteiger charge is -2.07. The highest BCUT2D eigenvalue weighted by atomic mass is 16.6. The van der Waals surface area contributed by atoms with E-state index in [1.165, 1.54) is 0 Å². The van der Waals surface area contributed by atoms with Gasteiger partial charge in [-0.2, -0.15) is 0 Å². The second kappa shape index (κ2) is 4.14. The average molecular weight is 241 g/mol. The molecule has 0 spiro atoms. The number of fused-ring (bicyclic) bond motifs is 1. The van der Waals surface area contributed by atoms with E-state index in [1.807, 2.05) is 24.3 Å². The Labute approximate surface area is 103 Å². The van der Waals surface area contributed by atoms with Crippen molar-refractivity contribution < 1.29 is 14.7 Å². The van der Waals surface area contributed by atoms with Crippen LogP contribution >= 0.6 is 0 Å². The summed E-state index contributed by atoms with van der Waals surface area (Å²) in [5.74, 6) is -0.914. The highest BCUT2D eigenvalue weighted by molar-refractivity contribution is 6.15. The van der Waals surface area contributed by atoms with Gasteiger partial charge in [-0.15, -0.1) is 0 Å². The van der Waals surface area contributed by atoms with Crippen molar-refractivity contribution in [2.24, 2.45) is 5.16 Å². The van der Waals surface area contributed by atoms with Crippen molar-refractivity contribution in [3.63, 3.8) is 0 Å². The molecular formula is C14H11NO3. The van der Waals surface area contributed by atoms with Crippen molar-refractivity contribution in [3.8, 4) is 0 Å². The van der Waals surface area contributed by atoms with Gasteiger partial charge in [0.25, 0.3) is 0 Å². The lowest BCUT2D eigenvalue weighted by molar-refractivity contribution is 0.0699. The molecular weight excluding hydrogens is 230 g/mol. The second-order valence-corrected chi connectivity index (χ2v) is 4.13. The van der Waals surface area contributed by atoms with Crippen LogP contribution in [0.5, 0.6) is 0 Å². The van der Waals surface area contributed by atoms with Crippen LogP contribution in [-0.2, 0) is 4.84 Å². The van der Waals surface area contributed by atoms with Crippen LogP contribution in [0.3, 0.4) is 0 Å². The van der Waals surface area contributed by atoms with E-state index in [4.69, 9.17) is 4.84 Å². The van der Waals surface area contributed by atoms with Crippen LogP contribution in [0.15, 0.2) is 41.6 Å². The van der Waals surface area contributed by atoms with Gasteiger partial charge in [-0.25, -0.2) is 4.79 Å². The summed E-state index contributed by atoms with van der Waals surface area (Å²) in [5.41, 5.74) is 2.14. The zero-order chi connectivity index (χ0) is 12.5. The highest BCUT2D eigenvalue weighted by Gasteiger charge is 2.16. The first-order chi connectivity index (χ1) is 8.77. The van der Waals surface area contributed by atoms with Gasteiger partial charge >= 0.3 is 5.97 Å². The van der Waals surface area contributed by atoms with Gasteiger partial charge in [-0.3, -0.25) is 0 Å². The number of carboxylic acid groups (broad SMARTS) is 1. The van der Waals surface area contributed by atoms with Crippen molar-refractivity contribution in [3.05, 3.63) is 47.5 Å². The average Bonchev–Trinajstić information content (AvgIpc) is 2.91. The van der Waals surface area contributed by atoms with Crippen molar-refractivity contribution in [2.45, 2.75) is 6.42 Å². The fourth-order valence-corrected chi connectivity index (χ4v) is 2.23. The molecule has 4 heteroatoms. The second-order valence-electron chi connectivity index (χ2n) is 4.13. The molecule has 0 fully saturated rings. The summed E-state index contributed by atoms with van der Waals surface area (Å²) >= 11 is 0. The lowest BCUT2D eigenvalue weighted by atomic mass is 9.96. The van der Waals surface area contributed by atoms with Crippen molar-refractivity contribution in [1.29, 1.82) is 0 Å². The zero-order valence-electron chi connectivity index (χ0n) is 9.59. The summed E-state index contributed by atoms with van der Waals surface area (Å²) in [6, 6.07) is 10.9. The minimum Gasteiger partial charge on any atom is -0.478 e. The van der Waals surface area contributed by atoms with Gasteiger partial charge in [-0.1, -0.05) is 35.5 Å². The van der Waals surface area contributed by atoms with Crippen LogP contribution in [0.1, 0.15) is 22.3 Å². The molecule has 0 saturated carbocycles. The van der Waals surface area contributed by atoms with E-state index in [2.05, 4.69) is 5.16 Å². The monoisotopic (exact) mass is 241 g/mol. The molecule has 0 atom stereocenters. The largest absolute Gasteiger partial charge is 0.478 e. The number of nitrogens with zero attached hydrogens (tertiary/aromatic N) is 1. The Balaban J connectivity index is 2.29. The summed E-state index contributed by atoms with van der Waals surface area (Å²) in [5, 5.41) is 14.8. The predicted octanol–water partition coefficient (Wildman–Crippen LogP) is 2.66. The maximum atomic E-state index is 11.2. The Morgan fingerprint density at radius 1 is 1.17 bits per heavy atom. The van der Waals surface area contributed by atoms with E-state index < -0.39 is 5.97 Å². The number of hydrogen-bond acceptors (Lipinski definition) is 3. The molecule has 0 amide bonds. The molecule has 18 heavy (non-hydrogen) atoms. The number of benzene rings is 2. The van der Waals surface area contributed by atoms with E-state index >= 15 is 0 Å². The smallest absolute Gasteiger partial charge is 0.336 e. The SMILES string of the molecule is O=C(O)c1ccc(C2=NOCC2)c2ccccc12. The Morgan fingerprint density at radius 2 is 1.94 bits per heavy atom. The van der Waals surface area contributed by atoms with Gasteiger partial charge < -0.3 is 9.94 Å². The summed E-state index contributed by atoms with van der Waals surface area (Å²) in [6.07, 6.45) is 0.760. The Kier molecular flexibility index (Phi) is 2.48. The molecule has 0 unspecified atom stereocenters. The van der Waals surface area contributed by atoms with Gasteiger partial charge in [0.05, 0.1) is 11.3 Å². The van der Waals surface area contributed by atoms with Crippen molar-refractivity contribution >= 4 is 22.5 Å². The normalized spacial score (nSPS) is 14.3. The van der Waals surface area contributed by atoms with Crippen LogP contribution in [0.25, 0.3) is 10.8 Å². The first-order valence-corrected chi connectivity index (χ1v) is 5.71. The Morgan fingerprint density at radius 3 is 2.61 bits per heavy atom. The predicted molar refractivity (Wildman–Crippen MR) is 68.0 cm³/mol. The van der Waals surface area contributed by atoms with Crippen LogP contribution in [0.2, 0.25) is 0 Å². The maximum absolute atomic E-state index is 11.2. The fourth-order valence-electron chi connectivity index (χ4n) is 2.23. The van der Waals surface area contributed by atoms with E-state index in [0.29, 0.717) is 12.2 Å². The third-order valence-electron chi connectivity index (χ3n) is 3.07. The van der Waals surface area contributed by atoms with Gasteiger partial charge in [0, 0.05) is 12.0 Å². The Hall–Kier alpha value is -2.36. The standard InChI is InChI=1S/C14H11NO3/c16-14(17)12-6-5-11(13-7-8-18-15-13)9-3-1-2-4-10(9)12/h1-6H,7-8H2,(H,16,17). The molecule has 1 heterocycles. The topological polar surface area (TPSA) is 58.9 Å². The third-order valence-corrected chi connectivity index (χ3v) is 3.07. The molecule has 0 radical (unpaired) electrons. The molecule has 4 nitrogen and oxygen atoms in total. The van der Waals surface area contributed by atoms with Crippen LogP contribution in [0, 0.1) is 0 Å². The van der Waals surface area contributed by atoms with E-state index in [9.17, 15) is 9.90 Å². The quantitative estimate of drug-likeness (QED) is 0.879. The number of aromatic carboxylic acids is 1. The van der Waals surface area contributed by atoms with Gasteiger partial charge in [0.15, 0.2) is 0 Å². The number of rotatable bonds is 2. The van der Waals surface area contributed by atoms with Crippen LogP contribution in [-0.4, -0.2) is 23.4 Å². The minimum atomic E-state index is -0.914. The minimum absolute atomic E-state index is 0.314. The van der Waals surface area contributed by atoms with Crippen LogP contribution in [0.4, 0.5) is 0 Å². The third kappa shape index (κ3) is 1.62. The number of oxime groups is 1. The molecule has 2 aromatic rings. The van der Waals surface area contributed by atoms with Crippen molar-refractivity contribution in [1.82, 2.24) is 0 Å². The molecule has 1 aliphatic rings. The Bertz CT molecular complexity index is 661. The molecule has 0 bridgehead atoms. The van der Waals surface area contributed by atoms with Gasteiger partial charge in [0.1, 0.15) is 6.61 Å². The molecule has 3 rings (SSSR count). The zero-order valence-corrected chi connectivity index (χ0v) is 9.59. The molecule has 1 N–H and O–H groups in total. The number of carbonyl (C=O) groups is 1.